The van der Waals surface area contributed by atoms with E-state index in [1.54, 1.807) is 19.3 Å². The number of anilines is 1. The van der Waals surface area contributed by atoms with E-state index in [2.05, 4.69) is 39.8 Å². The molecule has 2 heterocycles. The van der Waals surface area contributed by atoms with E-state index in [0.29, 0.717) is 35.0 Å². The molecule has 0 radical (unpaired) electrons. The summed E-state index contributed by atoms with van der Waals surface area (Å²) in [6, 6.07) is 8.87. The largest absolute Gasteiger partial charge is 0.424 e. The molecule has 3 aliphatic carbocycles. The van der Waals surface area contributed by atoms with Crippen molar-refractivity contribution in [1.29, 1.82) is 0 Å². The molecule has 1 atom stereocenters. The van der Waals surface area contributed by atoms with Crippen molar-refractivity contribution in [3.05, 3.63) is 59.6 Å². The molecule has 9 nitrogen and oxygen atoms in total. The van der Waals surface area contributed by atoms with Crippen molar-refractivity contribution in [2.75, 3.05) is 5.32 Å². The fraction of sp³-hybridized carbons (Fsp3) is 0.552. The number of amides is 2. The first-order valence-electron chi connectivity index (χ1n) is 13.9. The second-order valence-electron chi connectivity index (χ2n) is 11.8. The van der Waals surface area contributed by atoms with Gasteiger partial charge in [-0.05, 0) is 93.9 Å². The van der Waals surface area contributed by atoms with Crippen molar-refractivity contribution >= 4 is 17.5 Å². The Labute approximate surface area is 222 Å². The summed E-state index contributed by atoms with van der Waals surface area (Å²) in [5.74, 6) is 2.34. The molecule has 0 spiro atoms. The minimum atomic E-state index is -0.602. The lowest BCUT2D eigenvalue weighted by Gasteiger charge is -2.28. The van der Waals surface area contributed by atoms with Crippen LogP contribution < -0.4 is 10.6 Å². The minimum absolute atomic E-state index is 0.148. The molecule has 0 aliphatic heterocycles. The number of nitrogens with one attached hydrogen (secondary N) is 2. The van der Waals surface area contributed by atoms with Crippen LogP contribution in [0.3, 0.4) is 0 Å². The van der Waals surface area contributed by atoms with Crippen LogP contribution in [0.4, 0.5) is 5.69 Å². The molecule has 3 aromatic rings. The number of rotatable bonds is 10. The molecule has 2 N–H and O–H groups in total. The monoisotopic (exact) mass is 516 g/mol. The highest BCUT2D eigenvalue weighted by Gasteiger charge is 2.48. The lowest BCUT2D eigenvalue weighted by Crippen LogP contribution is -2.50. The predicted octanol–water partition coefficient (Wildman–Crippen LogP) is 4.57. The number of aryl methyl sites for hydroxylation is 1. The quantitative estimate of drug-likeness (QED) is 0.408. The number of benzene rings is 1. The molecule has 0 unspecified atom stereocenters. The van der Waals surface area contributed by atoms with Crippen LogP contribution in [0.5, 0.6) is 0 Å². The van der Waals surface area contributed by atoms with Gasteiger partial charge in [0.25, 0.3) is 5.91 Å². The molecule has 9 heteroatoms. The minimum Gasteiger partial charge on any atom is -0.424 e. The third kappa shape index (κ3) is 4.86. The summed E-state index contributed by atoms with van der Waals surface area (Å²) in [4.78, 5) is 26.9. The standard InChI is InChI=1S/C29H36N6O3/c1-29(2,28-34-33-27(38-28)19-6-4-7-19)20-8-5-9-21(16-20)31-26(37)24(23(17-10-11-17)18-12-13-18)32-25(36)22-14-15-30-35(22)3/h5,8-9,14-19,23-24H,4,6-7,10-13H2,1-3H3,(H,31,37)(H,32,36)/t24-/m0/s1. The van der Waals surface area contributed by atoms with Gasteiger partial charge >= 0.3 is 0 Å². The van der Waals surface area contributed by atoms with Gasteiger partial charge in [0.1, 0.15) is 11.7 Å². The van der Waals surface area contributed by atoms with E-state index in [1.165, 1.54) is 11.1 Å². The maximum Gasteiger partial charge on any atom is 0.270 e. The molecule has 2 amide bonds. The highest BCUT2D eigenvalue weighted by atomic mass is 16.4. The Kier molecular flexibility index (Phi) is 6.32. The summed E-state index contributed by atoms with van der Waals surface area (Å²) in [7, 11) is 1.73. The van der Waals surface area contributed by atoms with E-state index in [-0.39, 0.29) is 17.7 Å². The molecule has 2 aromatic heterocycles. The average Bonchev–Trinajstić information content (AvgIpc) is 3.78. The zero-order valence-electron chi connectivity index (χ0n) is 22.3. The first-order chi connectivity index (χ1) is 18.3. The molecule has 0 saturated heterocycles. The van der Waals surface area contributed by atoms with E-state index >= 15 is 0 Å². The normalized spacial score (nSPS) is 18.7. The Bertz CT molecular complexity index is 1320. The van der Waals surface area contributed by atoms with E-state index < -0.39 is 11.5 Å². The number of carbonyl (C=O) groups is 2. The zero-order valence-corrected chi connectivity index (χ0v) is 22.3. The summed E-state index contributed by atoms with van der Waals surface area (Å²) < 4.78 is 7.62. The lowest BCUT2D eigenvalue weighted by molar-refractivity contribution is -0.119. The Balaban J connectivity index is 1.22. The van der Waals surface area contributed by atoms with Crippen molar-refractivity contribution in [1.82, 2.24) is 25.3 Å². The van der Waals surface area contributed by atoms with E-state index in [4.69, 9.17) is 4.42 Å². The maximum atomic E-state index is 13.8. The molecule has 3 aliphatic rings. The highest BCUT2D eigenvalue weighted by molar-refractivity contribution is 6.00. The molecule has 3 fully saturated rings. The number of aromatic nitrogens is 4. The first-order valence-corrected chi connectivity index (χ1v) is 13.9. The molecular formula is C29H36N6O3. The summed E-state index contributed by atoms with van der Waals surface area (Å²) in [6.07, 6.45) is 9.46. The van der Waals surface area contributed by atoms with Gasteiger partial charge in [-0.25, -0.2) is 0 Å². The van der Waals surface area contributed by atoms with Crippen LogP contribution in [0, 0.1) is 17.8 Å². The topological polar surface area (TPSA) is 115 Å². The zero-order chi connectivity index (χ0) is 26.4. The summed E-state index contributed by atoms with van der Waals surface area (Å²) in [5.41, 5.74) is 1.57. The Hall–Kier alpha value is -3.49. The predicted molar refractivity (Wildman–Crippen MR) is 141 cm³/mol. The summed E-state index contributed by atoms with van der Waals surface area (Å²) in [5, 5.41) is 19.0. The molecule has 200 valence electrons. The first kappa shape index (κ1) is 24.8. The molecule has 6 rings (SSSR count). The van der Waals surface area contributed by atoms with Gasteiger partial charge in [-0.1, -0.05) is 18.6 Å². The van der Waals surface area contributed by atoms with Gasteiger partial charge in [-0.2, -0.15) is 5.10 Å². The number of hydrogen-bond acceptors (Lipinski definition) is 6. The van der Waals surface area contributed by atoms with Gasteiger partial charge < -0.3 is 15.1 Å². The summed E-state index contributed by atoms with van der Waals surface area (Å²) >= 11 is 0. The molecule has 3 saturated carbocycles. The van der Waals surface area contributed by atoms with E-state index in [1.807, 2.05) is 24.3 Å². The number of nitrogens with zero attached hydrogens (tertiary/aromatic N) is 4. The second kappa shape index (κ2) is 9.67. The highest BCUT2D eigenvalue weighted by Crippen LogP contribution is 2.51. The van der Waals surface area contributed by atoms with Gasteiger partial charge in [0, 0.05) is 24.8 Å². The van der Waals surface area contributed by atoms with Crippen molar-refractivity contribution in [2.45, 2.75) is 76.2 Å². The van der Waals surface area contributed by atoms with Crippen LogP contribution in [-0.2, 0) is 17.3 Å². The average molecular weight is 517 g/mol. The third-order valence-corrected chi connectivity index (χ3v) is 8.62. The third-order valence-electron chi connectivity index (χ3n) is 8.62. The van der Waals surface area contributed by atoms with Crippen molar-refractivity contribution < 1.29 is 14.0 Å². The smallest absolute Gasteiger partial charge is 0.270 e. The van der Waals surface area contributed by atoms with Gasteiger partial charge in [0.15, 0.2) is 0 Å². The van der Waals surface area contributed by atoms with Crippen LogP contribution in [0.2, 0.25) is 0 Å². The van der Waals surface area contributed by atoms with Gasteiger partial charge in [0.05, 0.1) is 5.41 Å². The Morgan fingerprint density at radius 1 is 1.05 bits per heavy atom. The van der Waals surface area contributed by atoms with Crippen LogP contribution >= 0.6 is 0 Å². The molecule has 1 aromatic carbocycles. The van der Waals surface area contributed by atoms with E-state index in [0.717, 1.165) is 50.0 Å². The fourth-order valence-corrected chi connectivity index (χ4v) is 5.68. The Morgan fingerprint density at radius 3 is 2.39 bits per heavy atom. The number of hydrogen-bond donors (Lipinski definition) is 2. The summed E-state index contributed by atoms with van der Waals surface area (Å²) in [6.45, 7) is 4.11. The molecule has 0 bridgehead atoms. The van der Waals surface area contributed by atoms with Crippen molar-refractivity contribution in [2.24, 2.45) is 24.8 Å². The molecule has 38 heavy (non-hydrogen) atoms. The SMILES string of the molecule is Cn1nccc1C(=O)N[C@H](C(=O)Nc1cccc(C(C)(C)c2nnc(C3CCC3)o2)c1)C(C1CC1)C1CC1. The van der Waals surface area contributed by atoms with Gasteiger partial charge in [-0.15, -0.1) is 10.2 Å². The Morgan fingerprint density at radius 2 is 1.79 bits per heavy atom. The van der Waals surface area contributed by atoms with Crippen LogP contribution in [0.1, 0.15) is 92.5 Å². The van der Waals surface area contributed by atoms with Gasteiger partial charge in [0.2, 0.25) is 17.7 Å². The molecular weight excluding hydrogens is 480 g/mol. The second-order valence-corrected chi connectivity index (χ2v) is 11.8. The van der Waals surface area contributed by atoms with Crippen LogP contribution in [0.15, 0.2) is 40.9 Å². The van der Waals surface area contributed by atoms with Crippen LogP contribution in [0.25, 0.3) is 0 Å². The van der Waals surface area contributed by atoms with Crippen LogP contribution in [-0.4, -0.2) is 37.8 Å². The maximum absolute atomic E-state index is 13.8. The fourth-order valence-electron chi connectivity index (χ4n) is 5.68. The van der Waals surface area contributed by atoms with Crippen molar-refractivity contribution in [3.8, 4) is 0 Å². The van der Waals surface area contributed by atoms with Crippen molar-refractivity contribution in [3.63, 3.8) is 0 Å². The number of carbonyl (C=O) groups excluding carboxylic acids is 2. The lowest BCUT2D eigenvalue weighted by atomic mass is 9.84. The van der Waals surface area contributed by atoms with E-state index in [9.17, 15) is 9.59 Å². The van der Waals surface area contributed by atoms with Gasteiger partial charge in [-0.3, -0.25) is 14.3 Å².